The maximum Gasteiger partial charge on any atom is 0.00792 e. The molecule has 1 unspecified atom stereocenters. The summed E-state index contributed by atoms with van der Waals surface area (Å²) in [5.74, 6) is 0.854. The molecule has 2 nitrogen and oxygen atoms in total. The number of hydrogen-bond acceptors (Lipinski definition) is 2. The molecule has 0 heterocycles. The quantitative estimate of drug-likeness (QED) is 0.681. The summed E-state index contributed by atoms with van der Waals surface area (Å²) in [7, 11) is 0. The van der Waals surface area contributed by atoms with Crippen LogP contribution < -0.4 is 11.1 Å². The van der Waals surface area contributed by atoms with Crippen molar-refractivity contribution in [2.45, 2.75) is 64.3 Å². The fourth-order valence-corrected chi connectivity index (χ4v) is 3.00. The first-order valence-corrected chi connectivity index (χ1v) is 7.16. The standard InChI is InChI=1S/C14H28N2/c1-14(8-3-2-4-9-14)11-16-10-7-13(15)12-5-6-12/h12-13,16H,2-11,15H2,1H3. The average molecular weight is 224 g/mol. The summed E-state index contributed by atoms with van der Waals surface area (Å²) in [6, 6.07) is 0.465. The Labute approximate surface area is 100 Å². The average Bonchev–Trinajstić information content (AvgIpc) is 3.09. The molecule has 94 valence electrons. The van der Waals surface area contributed by atoms with Gasteiger partial charge in [-0.05, 0) is 50.0 Å². The molecule has 16 heavy (non-hydrogen) atoms. The van der Waals surface area contributed by atoms with Gasteiger partial charge in [-0.15, -0.1) is 0 Å². The van der Waals surface area contributed by atoms with Crippen LogP contribution in [0.4, 0.5) is 0 Å². The Hall–Kier alpha value is -0.0800. The summed E-state index contributed by atoms with van der Waals surface area (Å²) >= 11 is 0. The zero-order chi connectivity index (χ0) is 11.4. The summed E-state index contributed by atoms with van der Waals surface area (Å²) in [6.07, 6.45) is 11.0. The maximum absolute atomic E-state index is 6.09. The van der Waals surface area contributed by atoms with Crippen LogP contribution in [0.2, 0.25) is 0 Å². The second kappa shape index (κ2) is 5.50. The lowest BCUT2D eigenvalue weighted by atomic mass is 9.76. The van der Waals surface area contributed by atoms with Crippen molar-refractivity contribution in [1.82, 2.24) is 5.32 Å². The smallest absolute Gasteiger partial charge is 0.00792 e. The molecule has 2 fully saturated rings. The van der Waals surface area contributed by atoms with Gasteiger partial charge in [-0.3, -0.25) is 0 Å². The Bertz CT molecular complexity index is 205. The van der Waals surface area contributed by atoms with Gasteiger partial charge in [0.15, 0.2) is 0 Å². The highest BCUT2D eigenvalue weighted by Crippen LogP contribution is 2.35. The highest BCUT2D eigenvalue weighted by atomic mass is 14.9. The zero-order valence-electron chi connectivity index (χ0n) is 10.8. The summed E-state index contributed by atoms with van der Waals surface area (Å²) < 4.78 is 0. The lowest BCUT2D eigenvalue weighted by molar-refractivity contribution is 0.207. The van der Waals surface area contributed by atoms with Gasteiger partial charge in [0, 0.05) is 12.6 Å². The SMILES string of the molecule is CC1(CNCCC(N)C2CC2)CCCCC1. The third-order valence-electron chi connectivity index (χ3n) is 4.49. The molecule has 0 aromatic rings. The van der Waals surface area contributed by atoms with Gasteiger partial charge in [-0.1, -0.05) is 26.2 Å². The highest BCUT2D eigenvalue weighted by Gasteiger charge is 2.28. The first-order valence-electron chi connectivity index (χ1n) is 7.16. The molecule has 2 aliphatic carbocycles. The van der Waals surface area contributed by atoms with Crippen molar-refractivity contribution in [3.8, 4) is 0 Å². The molecule has 0 aromatic heterocycles. The Balaban J connectivity index is 1.55. The van der Waals surface area contributed by atoms with E-state index >= 15 is 0 Å². The molecule has 0 aliphatic heterocycles. The van der Waals surface area contributed by atoms with Crippen molar-refractivity contribution >= 4 is 0 Å². The van der Waals surface area contributed by atoms with E-state index in [0.717, 1.165) is 12.5 Å². The Morgan fingerprint density at radius 2 is 1.94 bits per heavy atom. The summed E-state index contributed by atoms with van der Waals surface area (Å²) in [6.45, 7) is 4.76. The first kappa shape index (κ1) is 12.4. The van der Waals surface area contributed by atoms with Crippen LogP contribution in [-0.2, 0) is 0 Å². The molecule has 0 amide bonds. The Morgan fingerprint density at radius 1 is 1.25 bits per heavy atom. The second-order valence-electron chi connectivity index (χ2n) is 6.34. The monoisotopic (exact) mass is 224 g/mol. The van der Waals surface area contributed by atoms with Crippen molar-refractivity contribution in [2.24, 2.45) is 17.1 Å². The van der Waals surface area contributed by atoms with Crippen LogP contribution in [0, 0.1) is 11.3 Å². The molecule has 0 aromatic carbocycles. The maximum atomic E-state index is 6.09. The number of nitrogens with one attached hydrogen (secondary N) is 1. The minimum atomic E-state index is 0.465. The van der Waals surface area contributed by atoms with Gasteiger partial charge in [0.1, 0.15) is 0 Å². The molecule has 2 heteroatoms. The molecular weight excluding hydrogens is 196 g/mol. The van der Waals surface area contributed by atoms with Gasteiger partial charge in [-0.2, -0.15) is 0 Å². The van der Waals surface area contributed by atoms with Crippen LogP contribution in [-0.4, -0.2) is 19.1 Å². The Kier molecular flexibility index (Phi) is 4.26. The molecule has 0 spiro atoms. The summed E-state index contributed by atoms with van der Waals surface area (Å²) in [5.41, 5.74) is 6.66. The molecule has 2 aliphatic rings. The van der Waals surface area contributed by atoms with Crippen LogP contribution in [0.15, 0.2) is 0 Å². The minimum absolute atomic E-state index is 0.465. The van der Waals surface area contributed by atoms with Crippen LogP contribution in [0.5, 0.6) is 0 Å². The van der Waals surface area contributed by atoms with Crippen LogP contribution in [0.1, 0.15) is 58.3 Å². The first-order chi connectivity index (χ1) is 7.70. The van der Waals surface area contributed by atoms with E-state index in [1.54, 1.807) is 0 Å². The van der Waals surface area contributed by atoms with Crippen molar-refractivity contribution in [3.63, 3.8) is 0 Å². The van der Waals surface area contributed by atoms with E-state index in [2.05, 4.69) is 12.2 Å². The molecule has 1 atom stereocenters. The van der Waals surface area contributed by atoms with Gasteiger partial charge < -0.3 is 11.1 Å². The third-order valence-corrected chi connectivity index (χ3v) is 4.49. The number of hydrogen-bond donors (Lipinski definition) is 2. The van der Waals surface area contributed by atoms with E-state index in [4.69, 9.17) is 5.73 Å². The molecule has 2 rings (SSSR count). The lowest BCUT2D eigenvalue weighted by Crippen LogP contribution is -2.36. The summed E-state index contributed by atoms with van der Waals surface area (Å²) in [4.78, 5) is 0. The van der Waals surface area contributed by atoms with Crippen molar-refractivity contribution in [3.05, 3.63) is 0 Å². The van der Waals surface area contributed by atoms with Crippen molar-refractivity contribution < 1.29 is 0 Å². The van der Waals surface area contributed by atoms with E-state index in [9.17, 15) is 0 Å². The molecule has 0 bridgehead atoms. The fourth-order valence-electron chi connectivity index (χ4n) is 3.00. The summed E-state index contributed by atoms with van der Waals surface area (Å²) in [5, 5.41) is 3.63. The second-order valence-corrected chi connectivity index (χ2v) is 6.34. The van der Waals surface area contributed by atoms with Gasteiger partial charge in [-0.25, -0.2) is 0 Å². The van der Waals surface area contributed by atoms with Crippen LogP contribution >= 0.6 is 0 Å². The predicted octanol–water partition coefficient (Wildman–Crippen LogP) is 2.67. The zero-order valence-corrected chi connectivity index (χ0v) is 10.8. The van der Waals surface area contributed by atoms with Gasteiger partial charge >= 0.3 is 0 Å². The topological polar surface area (TPSA) is 38.0 Å². The molecule has 3 N–H and O–H groups in total. The molecule has 2 saturated carbocycles. The third kappa shape index (κ3) is 3.74. The van der Waals surface area contributed by atoms with Crippen molar-refractivity contribution in [2.75, 3.05) is 13.1 Å². The Morgan fingerprint density at radius 3 is 2.56 bits per heavy atom. The van der Waals surface area contributed by atoms with E-state index in [1.165, 1.54) is 57.9 Å². The molecule has 0 saturated heterocycles. The lowest BCUT2D eigenvalue weighted by Gasteiger charge is -2.34. The van der Waals surface area contributed by atoms with E-state index in [0.29, 0.717) is 11.5 Å². The normalized spacial score (nSPS) is 26.6. The molecular formula is C14H28N2. The van der Waals surface area contributed by atoms with Crippen molar-refractivity contribution in [1.29, 1.82) is 0 Å². The van der Waals surface area contributed by atoms with E-state index < -0.39 is 0 Å². The van der Waals surface area contributed by atoms with E-state index in [-0.39, 0.29) is 0 Å². The largest absolute Gasteiger partial charge is 0.327 e. The van der Waals surface area contributed by atoms with Crippen LogP contribution in [0.3, 0.4) is 0 Å². The number of rotatable bonds is 6. The fraction of sp³-hybridized carbons (Fsp3) is 1.00. The van der Waals surface area contributed by atoms with E-state index in [1.807, 2.05) is 0 Å². The van der Waals surface area contributed by atoms with Gasteiger partial charge in [0.05, 0.1) is 0 Å². The van der Waals surface area contributed by atoms with Crippen LogP contribution in [0.25, 0.3) is 0 Å². The predicted molar refractivity (Wildman–Crippen MR) is 69.4 cm³/mol. The van der Waals surface area contributed by atoms with Gasteiger partial charge in [0.25, 0.3) is 0 Å². The highest BCUT2D eigenvalue weighted by molar-refractivity contribution is 4.85. The molecule has 0 radical (unpaired) electrons. The minimum Gasteiger partial charge on any atom is -0.327 e. The number of nitrogens with two attached hydrogens (primary N) is 1. The van der Waals surface area contributed by atoms with Gasteiger partial charge in [0.2, 0.25) is 0 Å².